The lowest BCUT2D eigenvalue weighted by atomic mass is 10.1. The van der Waals surface area contributed by atoms with E-state index in [1.807, 2.05) is 37.3 Å². The van der Waals surface area contributed by atoms with Crippen molar-refractivity contribution < 1.29 is 14.3 Å². The van der Waals surface area contributed by atoms with Crippen LogP contribution in [0.1, 0.15) is 28.9 Å². The summed E-state index contributed by atoms with van der Waals surface area (Å²) in [6.07, 6.45) is 0.740. The molecule has 2 aromatic rings. The Bertz CT molecular complexity index is 610. The molecule has 0 aliphatic rings. The van der Waals surface area contributed by atoms with Crippen molar-refractivity contribution in [2.24, 2.45) is 0 Å². The van der Waals surface area contributed by atoms with Gasteiger partial charge in [0.15, 0.2) is 6.61 Å². The van der Waals surface area contributed by atoms with E-state index in [0.29, 0.717) is 11.3 Å². The molecular formula is C17H17NO3. The van der Waals surface area contributed by atoms with Crippen LogP contribution in [0.4, 0.5) is 0 Å². The molecule has 0 aromatic heterocycles. The van der Waals surface area contributed by atoms with Crippen LogP contribution in [0, 0.1) is 0 Å². The first kappa shape index (κ1) is 14.8. The fourth-order valence-electron chi connectivity index (χ4n) is 1.93. The molecule has 0 heterocycles. The summed E-state index contributed by atoms with van der Waals surface area (Å²) in [6.45, 7) is 1.83. The number of amides is 1. The first-order valence-electron chi connectivity index (χ1n) is 6.71. The molecule has 0 saturated carbocycles. The van der Waals surface area contributed by atoms with Crippen LogP contribution in [0.2, 0.25) is 0 Å². The predicted octanol–water partition coefficient (Wildman–Crippen LogP) is 2.76. The molecule has 0 saturated heterocycles. The Kier molecular flexibility index (Phi) is 5.10. The predicted molar refractivity (Wildman–Crippen MR) is 80.3 cm³/mol. The summed E-state index contributed by atoms with van der Waals surface area (Å²) in [5.41, 5.74) is 1.55. The van der Waals surface area contributed by atoms with Gasteiger partial charge in [0, 0.05) is 5.56 Å². The largest absolute Gasteiger partial charge is 0.484 e. The third-order valence-corrected chi connectivity index (χ3v) is 3.04. The Labute approximate surface area is 123 Å². The lowest BCUT2D eigenvalue weighted by Gasteiger charge is -2.14. The molecule has 4 heteroatoms. The topological polar surface area (TPSA) is 55.4 Å². The fraction of sp³-hybridized carbons (Fsp3) is 0.176. The van der Waals surface area contributed by atoms with Gasteiger partial charge in [-0.1, -0.05) is 42.5 Å². The zero-order valence-electron chi connectivity index (χ0n) is 11.8. The Morgan fingerprint density at radius 2 is 1.95 bits per heavy atom. The molecule has 108 valence electrons. The number of carbonyl (C=O) groups excluding carboxylic acids is 2. The summed E-state index contributed by atoms with van der Waals surface area (Å²) in [5.74, 6) is 0.296. The van der Waals surface area contributed by atoms with Gasteiger partial charge in [0.1, 0.15) is 12.0 Å². The van der Waals surface area contributed by atoms with E-state index in [-0.39, 0.29) is 18.6 Å². The highest BCUT2D eigenvalue weighted by atomic mass is 16.5. The molecule has 1 amide bonds. The molecule has 0 aliphatic carbocycles. The van der Waals surface area contributed by atoms with Crippen molar-refractivity contribution in [3.8, 4) is 5.75 Å². The van der Waals surface area contributed by atoms with Gasteiger partial charge in [-0.2, -0.15) is 0 Å². The van der Waals surface area contributed by atoms with Crippen LogP contribution in [0.15, 0.2) is 54.6 Å². The fourth-order valence-corrected chi connectivity index (χ4v) is 1.93. The second-order valence-corrected chi connectivity index (χ2v) is 4.68. The number of ether oxygens (including phenoxy) is 1. The molecule has 0 spiro atoms. The van der Waals surface area contributed by atoms with Crippen molar-refractivity contribution in [3.05, 3.63) is 65.7 Å². The minimum Gasteiger partial charge on any atom is -0.484 e. The van der Waals surface area contributed by atoms with Crippen molar-refractivity contribution >= 4 is 12.2 Å². The van der Waals surface area contributed by atoms with Crippen molar-refractivity contribution in [1.29, 1.82) is 0 Å². The van der Waals surface area contributed by atoms with Crippen LogP contribution in [0.25, 0.3) is 0 Å². The smallest absolute Gasteiger partial charge is 0.258 e. The molecule has 4 nitrogen and oxygen atoms in total. The Morgan fingerprint density at radius 1 is 1.19 bits per heavy atom. The van der Waals surface area contributed by atoms with E-state index in [1.165, 1.54) is 0 Å². The third-order valence-electron chi connectivity index (χ3n) is 3.04. The van der Waals surface area contributed by atoms with Crippen LogP contribution in [0.5, 0.6) is 5.75 Å². The first-order valence-corrected chi connectivity index (χ1v) is 6.71. The van der Waals surface area contributed by atoms with Gasteiger partial charge in [0.2, 0.25) is 0 Å². The monoisotopic (exact) mass is 283 g/mol. The number of benzene rings is 2. The van der Waals surface area contributed by atoms with Gasteiger partial charge < -0.3 is 10.1 Å². The van der Waals surface area contributed by atoms with Crippen molar-refractivity contribution in [2.45, 2.75) is 13.0 Å². The van der Waals surface area contributed by atoms with Crippen molar-refractivity contribution in [2.75, 3.05) is 6.61 Å². The van der Waals surface area contributed by atoms with E-state index in [4.69, 9.17) is 4.74 Å². The summed E-state index contributed by atoms with van der Waals surface area (Å²) in [7, 11) is 0. The number of rotatable bonds is 6. The molecule has 0 fully saturated rings. The summed E-state index contributed by atoms with van der Waals surface area (Å²) in [4.78, 5) is 22.5. The van der Waals surface area contributed by atoms with E-state index in [0.717, 1.165) is 11.8 Å². The van der Waals surface area contributed by atoms with Crippen LogP contribution in [0.3, 0.4) is 0 Å². The SMILES string of the molecule is C[C@@H](NC(=O)COc1cccc(C=O)c1)c1ccccc1. The number of aldehydes is 1. The Hall–Kier alpha value is -2.62. The summed E-state index contributed by atoms with van der Waals surface area (Å²) in [5, 5.41) is 2.86. The standard InChI is InChI=1S/C17H17NO3/c1-13(15-7-3-2-4-8-15)18-17(20)12-21-16-9-5-6-14(10-16)11-19/h2-11,13H,12H2,1H3,(H,18,20)/t13-/m1/s1. The maximum absolute atomic E-state index is 11.8. The molecule has 2 aromatic carbocycles. The van der Waals surface area contributed by atoms with Crippen LogP contribution >= 0.6 is 0 Å². The minimum atomic E-state index is -0.206. The number of hydrogen-bond donors (Lipinski definition) is 1. The highest BCUT2D eigenvalue weighted by molar-refractivity contribution is 5.78. The van der Waals surface area contributed by atoms with E-state index in [9.17, 15) is 9.59 Å². The molecule has 2 rings (SSSR count). The molecule has 0 radical (unpaired) electrons. The quantitative estimate of drug-likeness (QED) is 0.829. The molecular weight excluding hydrogens is 266 g/mol. The van der Waals surface area contributed by atoms with E-state index < -0.39 is 0 Å². The zero-order chi connectivity index (χ0) is 15.1. The van der Waals surface area contributed by atoms with Crippen molar-refractivity contribution in [3.63, 3.8) is 0 Å². The Morgan fingerprint density at radius 3 is 2.67 bits per heavy atom. The summed E-state index contributed by atoms with van der Waals surface area (Å²) >= 11 is 0. The van der Waals surface area contributed by atoms with Gasteiger partial charge >= 0.3 is 0 Å². The average molecular weight is 283 g/mol. The maximum atomic E-state index is 11.8. The average Bonchev–Trinajstić information content (AvgIpc) is 2.54. The highest BCUT2D eigenvalue weighted by Crippen LogP contribution is 2.13. The Balaban J connectivity index is 1.86. The third kappa shape index (κ3) is 4.45. The van der Waals surface area contributed by atoms with Gasteiger partial charge in [-0.15, -0.1) is 0 Å². The van der Waals surface area contributed by atoms with Crippen molar-refractivity contribution in [1.82, 2.24) is 5.32 Å². The van der Waals surface area contributed by atoms with Crippen LogP contribution in [-0.2, 0) is 4.79 Å². The number of hydrogen-bond acceptors (Lipinski definition) is 3. The van der Waals surface area contributed by atoms with Gasteiger partial charge in [0.05, 0.1) is 6.04 Å². The van der Waals surface area contributed by atoms with E-state index in [2.05, 4.69) is 5.32 Å². The van der Waals surface area contributed by atoms with Gasteiger partial charge in [-0.3, -0.25) is 9.59 Å². The molecule has 0 aliphatic heterocycles. The number of carbonyl (C=O) groups is 2. The normalized spacial score (nSPS) is 11.5. The maximum Gasteiger partial charge on any atom is 0.258 e. The van der Waals surface area contributed by atoms with E-state index in [1.54, 1.807) is 24.3 Å². The summed E-state index contributed by atoms with van der Waals surface area (Å²) < 4.78 is 5.38. The molecule has 0 unspecified atom stereocenters. The molecule has 1 N–H and O–H groups in total. The summed E-state index contributed by atoms with van der Waals surface area (Å²) in [6, 6.07) is 16.3. The number of nitrogens with one attached hydrogen (secondary N) is 1. The highest BCUT2D eigenvalue weighted by Gasteiger charge is 2.09. The minimum absolute atomic E-state index is 0.0800. The molecule has 1 atom stereocenters. The van der Waals surface area contributed by atoms with Gasteiger partial charge in [0.25, 0.3) is 5.91 Å². The first-order chi connectivity index (χ1) is 10.2. The van der Waals surface area contributed by atoms with Crippen LogP contribution < -0.4 is 10.1 Å². The van der Waals surface area contributed by atoms with E-state index >= 15 is 0 Å². The molecule has 21 heavy (non-hydrogen) atoms. The second kappa shape index (κ2) is 7.24. The zero-order valence-corrected chi connectivity index (χ0v) is 11.8. The van der Waals surface area contributed by atoms with Gasteiger partial charge in [-0.05, 0) is 24.6 Å². The van der Waals surface area contributed by atoms with Gasteiger partial charge in [-0.25, -0.2) is 0 Å². The second-order valence-electron chi connectivity index (χ2n) is 4.68. The lowest BCUT2D eigenvalue weighted by Crippen LogP contribution is -2.31. The van der Waals surface area contributed by atoms with Crippen LogP contribution in [-0.4, -0.2) is 18.8 Å². The molecule has 0 bridgehead atoms. The lowest BCUT2D eigenvalue weighted by molar-refractivity contribution is -0.123.